The van der Waals surface area contributed by atoms with Gasteiger partial charge in [-0.15, -0.1) is 0 Å². The summed E-state index contributed by atoms with van der Waals surface area (Å²) in [7, 11) is 0. The zero-order valence-electron chi connectivity index (χ0n) is 12.1. The van der Waals surface area contributed by atoms with Gasteiger partial charge in [0.1, 0.15) is 0 Å². The fourth-order valence-corrected chi connectivity index (χ4v) is 2.27. The summed E-state index contributed by atoms with van der Waals surface area (Å²) in [5.41, 5.74) is 2.95. The van der Waals surface area contributed by atoms with Crippen LogP contribution in [0.2, 0.25) is 0 Å². The number of rotatable bonds is 1. The molecule has 1 aromatic carbocycles. The Kier molecular flexibility index (Phi) is 3.69. The lowest BCUT2D eigenvalue weighted by Gasteiger charge is -2.27. The number of hydrogen-bond acceptors (Lipinski definition) is 2. The van der Waals surface area contributed by atoms with Gasteiger partial charge in [-0.2, -0.15) is 0 Å². The fraction of sp³-hybridized carbons (Fsp3) is 0.533. The predicted octanol–water partition coefficient (Wildman–Crippen LogP) is 3.35. The molecule has 2 amide bonds. The van der Waals surface area contributed by atoms with E-state index in [1.54, 1.807) is 0 Å². The van der Waals surface area contributed by atoms with Crippen molar-refractivity contribution in [2.45, 2.75) is 52.1 Å². The van der Waals surface area contributed by atoms with Crippen molar-refractivity contribution in [3.05, 3.63) is 23.8 Å². The second kappa shape index (κ2) is 5.11. The second-order valence-corrected chi connectivity index (χ2v) is 6.25. The molecule has 0 fully saturated rings. The molecule has 19 heavy (non-hydrogen) atoms. The van der Waals surface area contributed by atoms with Crippen LogP contribution in [-0.4, -0.2) is 17.6 Å². The molecule has 0 spiro atoms. The molecule has 0 saturated carbocycles. The van der Waals surface area contributed by atoms with Gasteiger partial charge in [-0.3, -0.25) is 0 Å². The molecule has 1 aliphatic heterocycles. The second-order valence-electron chi connectivity index (χ2n) is 6.25. The first-order valence-electron chi connectivity index (χ1n) is 6.83. The van der Waals surface area contributed by atoms with Gasteiger partial charge in [0.15, 0.2) is 0 Å². The predicted molar refractivity (Wildman–Crippen MR) is 79.8 cm³/mol. The van der Waals surface area contributed by atoms with Crippen molar-refractivity contribution in [2.75, 3.05) is 10.6 Å². The Morgan fingerprint density at radius 3 is 2.79 bits per heavy atom. The Labute approximate surface area is 115 Å². The number of hydrogen-bond donors (Lipinski definition) is 3. The van der Waals surface area contributed by atoms with E-state index < -0.39 is 0 Å². The molecule has 1 aliphatic rings. The summed E-state index contributed by atoms with van der Waals surface area (Å²) < 4.78 is 0. The number of amides is 2. The third-order valence-electron chi connectivity index (χ3n) is 3.12. The molecule has 1 aromatic rings. The maximum absolute atomic E-state index is 11.9. The van der Waals surface area contributed by atoms with E-state index in [0.717, 1.165) is 24.2 Å². The highest BCUT2D eigenvalue weighted by Crippen LogP contribution is 2.32. The van der Waals surface area contributed by atoms with Crippen molar-refractivity contribution in [3.63, 3.8) is 0 Å². The lowest BCUT2D eigenvalue weighted by molar-refractivity contribution is 0.244. The van der Waals surface area contributed by atoms with Gasteiger partial charge in [0.25, 0.3) is 0 Å². The van der Waals surface area contributed by atoms with Crippen LogP contribution in [0.15, 0.2) is 18.2 Å². The number of aryl methyl sites for hydroxylation is 1. The van der Waals surface area contributed by atoms with E-state index in [2.05, 4.69) is 28.9 Å². The summed E-state index contributed by atoms with van der Waals surface area (Å²) >= 11 is 0. The molecule has 104 valence electrons. The number of nitrogens with one attached hydrogen (secondary N) is 3. The molecule has 4 heteroatoms. The highest BCUT2D eigenvalue weighted by atomic mass is 16.2. The average Bonchev–Trinajstić information content (AvgIpc) is 2.27. The number of anilines is 2. The Hall–Kier alpha value is -1.71. The van der Waals surface area contributed by atoms with Gasteiger partial charge < -0.3 is 16.0 Å². The molecular formula is C15H23N3O. The van der Waals surface area contributed by atoms with E-state index in [4.69, 9.17) is 0 Å². The van der Waals surface area contributed by atoms with E-state index in [0.29, 0.717) is 6.04 Å². The molecule has 0 aromatic heterocycles. The van der Waals surface area contributed by atoms with Crippen LogP contribution in [0.1, 0.15) is 39.7 Å². The Bertz CT molecular complexity index is 477. The van der Waals surface area contributed by atoms with Gasteiger partial charge in [-0.25, -0.2) is 4.79 Å². The number of para-hydroxylation sites is 1. The SMILES string of the molecule is CC1CCc2cccc(NC(=O)NC(C)(C)C)c2N1. The molecule has 1 atom stereocenters. The standard InChI is InChI=1S/C15H23N3O/c1-10-8-9-11-6-5-7-12(13(11)16-10)17-14(19)18-15(2,3)4/h5-7,10,16H,8-9H2,1-4H3,(H2,17,18,19). The number of urea groups is 1. The lowest BCUT2D eigenvalue weighted by Crippen LogP contribution is -2.43. The van der Waals surface area contributed by atoms with E-state index in [-0.39, 0.29) is 11.6 Å². The molecule has 4 nitrogen and oxygen atoms in total. The Morgan fingerprint density at radius 1 is 1.37 bits per heavy atom. The first kappa shape index (κ1) is 13.7. The van der Waals surface area contributed by atoms with Crippen LogP contribution >= 0.6 is 0 Å². The normalized spacial score (nSPS) is 18.2. The van der Waals surface area contributed by atoms with E-state index in [1.165, 1.54) is 5.56 Å². The molecule has 1 unspecified atom stereocenters. The van der Waals surface area contributed by atoms with Gasteiger partial charge in [0, 0.05) is 11.6 Å². The molecule has 1 heterocycles. The molecule has 0 bridgehead atoms. The Balaban J connectivity index is 2.15. The first-order valence-corrected chi connectivity index (χ1v) is 6.83. The number of benzene rings is 1. The van der Waals surface area contributed by atoms with Crippen LogP contribution in [0.25, 0.3) is 0 Å². The molecular weight excluding hydrogens is 238 g/mol. The van der Waals surface area contributed by atoms with Crippen molar-refractivity contribution < 1.29 is 4.79 Å². The number of carbonyl (C=O) groups excluding carboxylic acids is 1. The highest BCUT2D eigenvalue weighted by molar-refractivity contribution is 5.94. The maximum atomic E-state index is 11.9. The van der Waals surface area contributed by atoms with Crippen LogP contribution in [0.5, 0.6) is 0 Å². The topological polar surface area (TPSA) is 53.2 Å². The van der Waals surface area contributed by atoms with Crippen LogP contribution in [-0.2, 0) is 6.42 Å². The average molecular weight is 261 g/mol. The van der Waals surface area contributed by atoms with Crippen LogP contribution in [0, 0.1) is 0 Å². The zero-order chi connectivity index (χ0) is 14.0. The molecule has 0 aliphatic carbocycles. The van der Waals surface area contributed by atoms with Crippen molar-refractivity contribution >= 4 is 17.4 Å². The number of carbonyl (C=O) groups is 1. The van der Waals surface area contributed by atoms with Gasteiger partial charge in [-0.1, -0.05) is 12.1 Å². The summed E-state index contributed by atoms with van der Waals surface area (Å²) in [5.74, 6) is 0. The first-order chi connectivity index (χ1) is 8.85. The molecule has 0 radical (unpaired) electrons. The largest absolute Gasteiger partial charge is 0.381 e. The number of fused-ring (bicyclic) bond motifs is 1. The minimum Gasteiger partial charge on any atom is -0.381 e. The summed E-state index contributed by atoms with van der Waals surface area (Å²) in [6, 6.07) is 6.32. The summed E-state index contributed by atoms with van der Waals surface area (Å²) in [6.45, 7) is 8.06. The van der Waals surface area contributed by atoms with E-state index in [1.807, 2.05) is 32.9 Å². The zero-order valence-corrected chi connectivity index (χ0v) is 12.1. The molecule has 2 rings (SSSR count). The van der Waals surface area contributed by atoms with Gasteiger partial charge in [0.05, 0.1) is 11.4 Å². The summed E-state index contributed by atoms with van der Waals surface area (Å²) in [5, 5.41) is 9.30. The minimum absolute atomic E-state index is 0.166. The summed E-state index contributed by atoms with van der Waals surface area (Å²) in [4.78, 5) is 11.9. The Morgan fingerprint density at radius 2 is 2.11 bits per heavy atom. The van der Waals surface area contributed by atoms with Crippen molar-refractivity contribution in [1.29, 1.82) is 0 Å². The third kappa shape index (κ3) is 3.63. The monoisotopic (exact) mass is 261 g/mol. The highest BCUT2D eigenvalue weighted by Gasteiger charge is 2.19. The van der Waals surface area contributed by atoms with Gasteiger partial charge in [0.2, 0.25) is 0 Å². The van der Waals surface area contributed by atoms with Crippen LogP contribution < -0.4 is 16.0 Å². The van der Waals surface area contributed by atoms with Crippen LogP contribution in [0.3, 0.4) is 0 Å². The molecule has 3 N–H and O–H groups in total. The van der Waals surface area contributed by atoms with Crippen LogP contribution in [0.4, 0.5) is 16.2 Å². The fourth-order valence-electron chi connectivity index (χ4n) is 2.27. The minimum atomic E-state index is -0.236. The molecule has 0 saturated heterocycles. The van der Waals surface area contributed by atoms with Crippen molar-refractivity contribution in [2.24, 2.45) is 0 Å². The lowest BCUT2D eigenvalue weighted by atomic mass is 9.98. The van der Waals surface area contributed by atoms with Crippen molar-refractivity contribution in [1.82, 2.24) is 5.32 Å². The quantitative estimate of drug-likeness (QED) is 0.726. The van der Waals surface area contributed by atoms with E-state index >= 15 is 0 Å². The van der Waals surface area contributed by atoms with Gasteiger partial charge in [-0.05, 0) is 52.2 Å². The smallest absolute Gasteiger partial charge is 0.319 e. The maximum Gasteiger partial charge on any atom is 0.319 e. The van der Waals surface area contributed by atoms with Gasteiger partial charge >= 0.3 is 6.03 Å². The summed E-state index contributed by atoms with van der Waals surface area (Å²) in [6.07, 6.45) is 2.19. The van der Waals surface area contributed by atoms with Crippen molar-refractivity contribution in [3.8, 4) is 0 Å². The third-order valence-corrected chi connectivity index (χ3v) is 3.12. The van der Waals surface area contributed by atoms with E-state index in [9.17, 15) is 4.79 Å².